The molecule has 3 aliphatic rings. The second-order valence-electron chi connectivity index (χ2n) is 17.1. The second kappa shape index (κ2) is 37.2. The maximum Gasteiger partial charge on any atom is 0.0813 e. The van der Waals surface area contributed by atoms with Crippen LogP contribution in [0, 0.1) is 0 Å². The van der Waals surface area contributed by atoms with Crippen LogP contribution in [0.5, 0.6) is 0 Å². The normalized spacial score (nSPS) is 15.0. The molecular formula is C68H90O3. The molecule has 3 heteroatoms. The van der Waals surface area contributed by atoms with Crippen molar-refractivity contribution < 1.29 is 14.2 Å². The summed E-state index contributed by atoms with van der Waals surface area (Å²) >= 11 is 0. The van der Waals surface area contributed by atoms with Crippen LogP contribution in [0.25, 0.3) is 22.3 Å². The van der Waals surface area contributed by atoms with Gasteiger partial charge in [0.15, 0.2) is 0 Å². The van der Waals surface area contributed by atoms with Crippen LogP contribution in [0.3, 0.4) is 0 Å². The minimum absolute atomic E-state index is 0.565. The Labute approximate surface area is 433 Å². The lowest BCUT2D eigenvalue weighted by Crippen LogP contribution is -1.89. The van der Waals surface area contributed by atoms with Gasteiger partial charge in [0.2, 0.25) is 0 Å². The molecule has 71 heavy (non-hydrogen) atoms. The fourth-order valence-corrected chi connectivity index (χ4v) is 7.35. The van der Waals surface area contributed by atoms with Crippen LogP contribution in [0.1, 0.15) is 127 Å². The van der Waals surface area contributed by atoms with Crippen LogP contribution < -0.4 is 0 Å². The number of rotatable bonds is 15. The lowest BCUT2D eigenvalue weighted by Gasteiger charge is -2.04. The van der Waals surface area contributed by atoms with Crippen molar-refractivity contribution >= 4 is 0 Å². The summed E-state index contributed by atoms with van der Waals surface area (Å²) in [5.41, 5.74) is 15.1. The van der Waals surface area contributed by atoms with Crippen molar-refractivity contribution in [3.63, 3.8) is 0 Å². The van der Waals surface area contributed by atoms with E-state index in [4.69, 9.17) is 14.2 Å². The number of hydrogen-bond donors (Lipinski definition) is 0. The van der Waals surface area contributed by atoms with Gasteiger partial charge >= 0.3 is 0 Å². The molecule has 3 fully saturated rings. The van der Waals surface area contributed by atoms with Crippen molar-refractivity contribution in [2.24, 2.45) is 0 Å². The first-order chi connectivity index (χ1) is 35.0. The van der Waals surface area contributed by atoms with E-state index in [1.807, 2.05) is 41.5 Å². The highest BCUT2D eigenvalue weighted by Crippen LogP contribution is 2.23. The minimum atomic E-state index is 0.565. The van der Waals surface area contributed by atoms with Crippen molar-refractivity contribution in [1.29, 1.82) is 0 Å². The maximum absolute atomic E-state index is 5.13. The zero-order chi connectivity index (χ0) is 51.3. The predicted octanol–water partition coefficient (Wildman–Crippen LogP) is 18.1. The van der Waals surface area contributed by atoms with E-state index in [2.05, 4.69) is 216 Å². The minimum Gasteiger partial charge on any atom is -0.373 e. The molecule has 3 saturated heterocycles. The van der Waals surface area contributed by atoms with Crippen molar-refractivity contribution in [3.05, 3.63) is 227 Å². The number of aryl methyl sites for hydroxylation is 7. The molecule has 7 aromatic rings. The van der Waals surface area contributed by atoms with E-state index >= 15 is 0 Å². The highest BCUT2D eigenvalue weighted by atomic mass is 16.6. The molecule has 3 aliphatic heterocycles. The molecule has 380 valence electrons. The highest BCUT2D eigenvalue weighted by molar-refractivity contribution is 5.65. The van der Waals surface area contributed by atoms with Crippen LogP contribution in [0.15, 0.2) is 188 Å². The molecule has 0 radical (unpaired) electrons. The quantitative estimate of drug-likeness (QED) is 0.0961. The van der Waals surface area contributed by atoms with Gasteiger partial charge in [-0.1, -0.05) is 257 Å². The first kappa shape index (κ1) is 59.7. The van der Waals surface area contributed by atoms with Gasteiger partial charge in [-0.25, -0.2) is 0 Å². The summed E-state index contributed by atoms with van der Waals surface area (Å²) in [4.78, 5) is 0. The van der Waals surface area contributed by atoms with Crippen LogP contribution in [-0.2, 0) is 59.2 Å². The first-order valence-electron chi connectivity index (χ1n) is 27.3. The van der Waals surface area contributed by atoms with Crippen molar-refractivity contribution in [2.45, 2.75) is 152 Å². The van der Waals surface area contributed by atoms with Gasteiger partial charge in [0.1, 0.15) is 0 Å². The van der Waals surface area contributed by atoms with E-state index in [-0.39, 0.29) is 0 Å². The SMILES string of the molecule is CC.CC.CC.CCc1ccc(-c2ccc(CC)cc2)cc1.CCc1ccc(-c2ccc(CC)cc2)cc1.c1ccc(CCC2CO2)cc1.c1ccc(CCC2CO2)cc1.c1ccc(CCC2CO2)cc1. The topological polar surface area (TPSA) is 37.6 Å². The van der Waals surface area contributed by atoms with Crippen molar-refractivity contribution in [2.75, 3.05) is 19.8 Å². The summed E-state index contributed by atoms with van der Waals surface area (Å²) in [6.45, 7) is 23.7. The highest BCUT2D eigenvalue weighted by Gasteiger charge is 2.22. The molecule has 0 spiro atoms. The Morgan fingerprint density at radius 2 is 0.451 bits per heavy atom. The number of benzene rings is 7. The smallest absolute Gasteiger partial charge is 0.0813 e. The van der Waals surface area contributed by atoms with Gasteiger partial charge in [-0.2, -0.15) is 0 Å². The number of hydrogen-bond acceptors (Lipinski definition) is 3. The predicted molar refractivity (Wildman–Crippen MR) is 309 cm³/mol. The van der Waals surface area contributed by atoms with Crippen LogP contribution in [0.2, 0.25) is 0 Å². The van der Waals surface area contributed by atoms with Gasteiger partial charge in [-0.3, -0.25) is 0 Å². The molecule has 0 amide bonds. The molecule has 3 unspecified atom stereocenters. The average Bonchev–Trinajstić information content (AvgIpc) is 4.31. The largest absolute Gasteiger partial charge is 0.373 e. The van der Waals surface area contributed by atoms with Gasteiger partial charge in [0.25, 0.3) is 0 Å². The summed E-state index contributed by atoms with van der Waals surface area (Å²) in [6.07, 6.45) is 13.1. The number of ether oxygens (including phenoxy) is 3. The van der Waals surface area contributed by atoms with Crippen LogP contribution >= 0.6 is 0 Å². The first-order valence-corrected chi connectivity index (χ1v) is 27.3. The molecule has 7 aromatic carbocycles. The van der Waals surface area contributed by atoms with E-state index in [9.17, 15) is 0 Å². The van der Waals surface area contributed by atoms with Gasteiger partial charge in [-0.15, -0.1) is 0 Å². The summed E-state index contributed by atoms with van der Waals surface area (Å²) in [5.74, 6) is 0. The summed E-state index contributed by atoms with van der Waals surface area (Å²) in [6, 6.07) is 67.0. The zero-order valence-electron chi connectivity index (χ0n) is 45.5. The van der Waals surface area contributed by atoms with E-state index in [1.165, 1.54) is 80.5 Å². The fourth-order valence-electron chi connectivity index (χ4n) is 7.35. The molecule has 3 nitrogen and oxygen atoms in total. The summed E-state index contributed by atoms with van der Waals surface area (Å²) in [7, 11) is 0. The third-order valence-corrected chi connectivity index (χ3v) is 12.1. The van der Waals surface area contributed by atoms with Gasteiger partial charge in [0.05, 0.1) is 38.1 Å². The zero-order valence-corrected chi connectivity index (χ0v) is 45.5. The van der Waals surface area contributed by atoms with E-state index in [0.29, 0.717) is 18.3 Å². The van der Waals surface area contributed by atoms with E-state index in [1.54, 1.807) is 0 Å². The summed E-state index contributed by atoms with van der Waals surface area (Å²) in [5, 5.41) is 0. The average molecular weight is 955 g/mol. The Kier molecular flexibility index (Phi) is 31.3. The lowest BCUT2D eigenvalue weighted by molar-refractivity contribution is 0.396. The Hall–Kier alpha value is -5.58. The molecule has 0 aliphatic carbocycles. The molecule has 10 rings (SSSR count). The van der Waals surface area contributed by atoms with Gasteiger partial charge in [0, 0.05) is 0 Å². The van der Waals surface area contributed by atoms with Crippen molar-refractivity contribution in [1.82, 2.24) is 0 Å². The van der Waals surface area contributed by atoms with E-state index in [0.717, 1.165) is 64.8 Å². The standard InChI is InChI=1S/2C16H18.3C10H12O.3C2H6/c2*1-3-13-5-9-15(10-6-13)16-11-7-14(4-2)8-12-16;3*1-2-4-9(5-3-1)6-7-10-8-11-10;3*1-2/h2*5-12H,3-4H2,1-2H3;3*1-5,10H,6-8H2;3*1-2H3. The molecule has 0 saturated carbocycles. The third kappa shape index (κ3) is 25.9. The van der Waals surface area contributed by atoms with Crippen LogP contribution in [-0.4, -0.2) is 38.1 Å². The Balaban J connectivity index is 0.000000230. The molecular weight excluding hydrogens is 865 g/mol. The van der Waals surface area contributed by atoms with Crippen molar-refractivity contribution in [3.8, 4) is 22.3 Å². The molecule has 3 heterocycles. The van der Waals surface area contributed by atoms with Gasteiger partial charge in [-0.05, 0) is 125 Å². The van der Waals surface area contributed by atoms with Gasteiger partial charge < -0.3 is 14.2 Å². The Bertz CT molecular complexity index is 1970. The maximum atomic E-state index is 5.13. The fraction of sp³-hybridized carbons (Fsp3) is 0.382. The Morgan fingerprint density at radius 3 is 0.606 bits per heavy atom. The lowest BCUT2D eigenvalue weighted by atomic mass is 10.0. The second-order valence-corrected chi connectivity index (χ2v) is 17.1. The molecule has 0 bridgehead atoms. The molecule has 0 aromatic heterocycles. The summed E-state index contributed by atoms with van der Waals surface area (Å²) < 4.78 is 15.4. The van der Waals surface area contributed by atoms with Crippen LogP contribution in [0.4, 0.5) is 0 Å². The Morgan fingerprint density at radius 1 is 0.268 bits per heavy atom. The molecule has 3 atom stereocenters. The number of epoxide rings is 3. The van der Waals surface area contributed by atoms with E-state index < -0.39 is 0 Å². The third-order valence-electron chi connectivity index (χ3n) is 12.1. The molecule has 0 N–H and O–H groups in total. The monoisotopic (exact) mass is 955 g/mol.